The molecule has 5 nitrogen and oxygen atoms in total. The van der Waals surface area contributed by atoms with Gasteiger partial charge < -0.3 is 24.8 Å². The summed E-state index contributed by atoms with van der Waals surface area (Å²) in [5.41, 5.74) is 0. The van der Waals surface area contributed by atoms with Crippen LogP contribution >= 0.6 is 11.6 Å². The molecule has 0 aliphatic heterocycles. The Morgan fingerprint density at radius 1 is 1.33 bits per heavy atom. The van der Waals surface area contributed by atoms with Crippen LogP contribution in [0.5, 0.6) is 0 Å². The Bertz CT molecular complexity index is 138. The molecule has 92 valence electrons. The summed E-state index contributed by atoms with van der Waals surface area (Å²) in [6.07, 6.45) is -1.75. The van der Waals surface area contributed by atoms with Gasteiger partial charge in [-0.25, -0.2) is 0 Å². The third-order valence-corrected chi connectivity index (χ3v) is 2.30. The van der Waals surface area contributed by atoms with E-state index in [-0.39, 0.29) is 19.3 Å². The Kier molecular flexibility index (Phi) is 9.38. The van der Waals surface area contributed by atoms with Crippen molar-refractivity contribution in [1.29, 1.82) is 0 Å². The first-order valence-electron chi connectivity index (χ1n) is 4.80. The van der Waals surface area contributed by atoms with Crippen molar-refractivity contribution in [2.75, 3.05) is 26.4 Å². The van der Waals surface area contributed by atoms with Gasteiger partial charge in [-0.2, -0.15) is 0 Å². The lowest BCUT2D eigenvalue weighted by molar-refractivity contribution is -0.137. The summed E-state index contributed by atoms with van der Waals surface area (Å²) >= 11 is 5.41. The van der Waals surface area contributed by atoms with Gasteiger partial charge in [0.1, 0.15) is 12.9 Å². The van der Waals surface area contributed by atoms with Crippen LogP contribution < -0.4 is 0 Å². The fraction of sp³-hybridized carbons (Fsp3) is 1.00. The number of methoxy groups -OCH3 is 1. The molecule has 6 heteroatoms. The van der Waals surface area contributed by atoms with Gasteiger partial charge >= 0.3 is 0 Å². The van der Waals surface area contributed by atoms with E-state index in [1.807, 2.05) is 0 Å². The van der Waals surface area contributed by atoms with Crippen LogP contribution in [0.15, 0.2) is 0 Å². The molecule has 3 N–H and O–H groups in total. The molecular weight excluding hydrogens is 224 g/mol. The van der Waals surface area contributed by atoms with Gasteiger partial charge in [0.05, 0.1) is 18.1 Å². The van der Waals surface area contributed by atoms with E-state index in [4.69, 9.17) is 26.2 Å². The van der Waals surface area contributed by atoms with E-state index in [9.17, 15) is 10.2 Å². The van der Waals surface area contributed by atoms with Crippen molar-refractivity contribution < 1.29 is 24.8 Å². The van der Waals surface area contributed by atoms with Crippen LogP contribution in [0.3, 0.4) is 0 Å². The van der Waals surface area contributed by atoms with Crippen molar-refractivity contribution in [3.8, 4) is 0 Å². The minimum Gasteiger partial charge on any atom is -0.396 e. The molecule has 0 aliphatic rings. The highest BCUT2D eigenvalue weighted by atomic mass is 35.5. The van der Waals surface area contributed by atoms with Crippen LogP contribution in [0.2, 0.25) is 0 Å². The molecule has 0 aromatic carbocycles. The second-order valence-electron chi connectivity index (χ2n) is 3.19. The number of alkyl halides is 1. The maximum absolute atomic E-state index is 9.63. The molecule has 0 unspecified atom stereocenters. The summed E-state index contributed by atoms with van der Waals surface area (Å²) in [4.78, 5) is 0. The number of rotatable bonds is 9. The Morgan fingerprint density at radius 3 is 2.47 bits per heavy atom. The topological polar surface area (TPSA) is 79.2 Å². The van der Waals surface area contributed by atoms with Crippen molar-refractivity contribution >= 4 is 11.6 Å². The van der Waals surface area contributed by atoms with E-state index >= 15 is 0 Å². The van der Waals surface area contributed by atoms with E-state index in [1.54, 1.807) is 0 Å². The quantitative estimate of drug-likeness (QED) is 0.383. The van der Waals surface area contributed by atoms with E-state index in [2.05, 4.69) is 0 Å². The first kappa shape index (κ1) is 15.1. The molecule has 0 aliphatic carbocycles. The lowest BCUT2D eigenvalue weighted by atomic mass is 10.0. The van der Waals surface area contributed by atoms with E-state index in [0.29, 0.717) is 12.8 Å². The van der Waals surface area contributed by atoms with Crippen molar-refractivity contribution in [2.45, 2.75) is 31.2 Å². The molecule has 0 aromatic rings. The van der Waals surface area contributed by atoms with Gasteiger partial charge in [0, 0.05) is 13.7 Å². The molecule has 15 heavy (non-hydrogen) atoms. The highest BCUT2D eigenvalue weighted by Gasteiger charge is 2.26. The third-order valence-electron chi connectivity index (χ3n) is 1.98. The summed E-state index contributed by atoms with van der Waals surface area (Å²) < 4.78 is 9.88. The highest BCUT2D eigenvalue weighted by molar-refractivity contribution is 6.18. The van der Waals surface area contributed by atoms with Crippen molar-refractivity contribution in [1.82, 2.24) is 0 Å². The van der Waals surface area contributed by atoms with Crippen molar-refractivity contribution in [2.24, 2.45) is 0 Å². The van der Waals surface area contributed by atoms with Gasteiger partial charge in [-0.3, -0.25) is 0 Å². The Hall–Kier alpha value is 0.0900. The monoisotopic (exact) mass is 242 g/mol. The first-order chi connectivity index (χ1) is 7.17. The Morgan fingerprint density at radius 2 is 2.00 bits per heavy atom. The van der Waals surface area contributed by atoms with Gasteiger partial charge in [-0.05, 0) is 12.8 Å². The smallest absolute Gasteiger partial charge is 0.146 e. The first-order valence-corrected chi connectivity index (χ1v) is 5.34. The molecule has 0 bridgehead atoms. The zero-order chi connectivity index (χ0) is 11.7. The average molecular weight is 243 g/mol. The second-order valence-corrected chi connectivity index (χ2v) is 3.50. The molecule has 0 spiro atoms. The predicted molar refractivity (Wildman–Crippen MR) is 55.8 cm³/mol. The van der Waals surface area contributed by atoms with Crippen molar-refractivity contribution in [3.63, 3.8) is 0 Å². The molecule has 0 fully saturated rings. The summed E-state index contributed by atoms with van der Waals surface area (Å²) in [6.45, 7) is 0.0404. The Labute approximate surface area is 94.6 Å². The summed E-state index contributed by atoms with van der Waals surface area (Å²) in [6, 6.07) is 0. The molecule has 0 rings (SSSR count). The maximum atomic E-state index is 9.63. The van der Waals surface area contributed by atoms with Crippen molar-refractivity contribution in [3.05, 3.63) is 0 Å². The molecule has 0 saturated carbocycles. The largest absolute Gasteiger partial charge is 0.396 e. The van der Waals surface area contributed by atoms with Gasteiger partial charge in [-0.15, -0.1) is 11.6 Å². The van der Waals surface area contributed by atoms with Crippen LogP contribution in [0.4, 0.5) is 0 Å². The highest BCUT2D eigenvalue weighted by Crippen LogP contribution is 2.12. The Balaban J connectivity index is 4.06. The van der Waals surface area contributed by atoms with Gasteiger partial charge in [0.15, 0.2) is 0 Å². The third kappa shape index (κ3) is 6.29. The summed E-state index contributed by atoms with van der Waals surface area (Å²) in [5, 5.41) is 27.6. The molecule has 0 saturated heterocycles. The van der Waals surface area contributed by atoms with Gasteiger partial charge in [-0.1, -0.05) is 0 Å². The van der Waals surface area contributed by atoms with E-state index < -0.39 is 18.3 Å². The summed E-state index contributed by atoms with van der Waals surface area (Å²) in [7, 11) is 1.47. The molecule has 0 heterocycles. The van der Waals surface area contributed by atoms with Gasteiger partial charge in [0.2, 0.25) is 0 Å². The zero-order valence-electron chi connectivity index (χ0n) is 8.80. The number of halogens is 1. The molecular formula is C9H19ClO5. The van der Waals surface area contributed by atoms with Gasteiger partial charge in [0.25, 0.3) is 0 Å². The molecule has 0 amide bonds. The summed E-state index contributed by atoms with van der Waals surface area (Å²) in [5.74, 6) is -0.0624. The molecule has 0 aromatic heterocycles. The lowest BCUT2D eigenvalue weighted by Gasteiger charge is -2.25. The SMILES string of the molecule is COCO[C@@H](CCCO)[C@H](O)[C@@H](O)CCl. The number of ether oxygens (including phenoxy) is 2. The fourth-order valence-corrected chi connectivity index (χ4v) is 1.32. The standard InChI is InChI=1S/C9H19ClO5/c1-14-6-15-8(3-2-4-11)9(13)7(12)5-10/h7-9,11-13H,2-6H2,1H3/t7-,8-,9+/m0/s1. The average Bonchev–Trinajstić information content (AvgIpc) is 2.27. The number of aliphatic hydroxyl groups is 3. The normalized spacial score (nSPS) is 17.4. The van der Waals surface area contributed by atoms with Crippen LogP contribution in [0, 0.1) is 0 Å². The second kappa shape index (κ2) is 9.33. The number of hydrogen-bond acceptors (Lipinski definition) is 5. The predicted octanol–water partition coefficient (Wildman–Crippen LogP) is -0.291. The van der Waals surface area contributed by atoms with E-state index in [1.165, 1.54) is 7.11 Å². The van der Waals surface area contributed by atoms with Crippen LogP contribution in [-0.2, 0) is 9.47 Å². The van der Waals surface area contributed by atoms with E-state index in [0.717, 1.165) is 0 Å². The minimum atomic E-state index is -1.07. The zero-order valence-corrected chi connectivity index (χ0v) is 9.56. The number of hydrogen-bond donors (Lipinski definition) is 3. The maximum Gasteiger partial charge on any atom is 0.146 e. The lowest BCUT2D eigenvalue weighted by Crippen LogP contribution is -2.40. The van der Waals surface area contributed by atoms with Crippen LogP contribution in [0.1, 0.15) is 12.8 Å². The fourth-order valence-electron chi connectivity index (χ4n) is 1.14. The van der Waals surface area contributed by atoms with Crippen LogP contribution in [-0.4, -0.2) is 60.0 Å². The van der Waals surface area contributed by atoms with Crippen LogP contribution in [0.25, 0.3) is 0 Å². The molecule has 0 radical (unpaired) electrons. The number of aliphatic hydroxyl groups excluding tert-OH is 3. The molecule has 3 atom stereocenters. The minimum absolute atomic E-state index is 0.0104.